The van der Waals surface area contributed by atoms with Crippen LogP contribution in [0.3, 0.4) is 0 Å². The summed E-state index contributed by atoms with van der Waals surface area (Å²) in [6, 6.07) is 0. The van der Waals surface area contributed by atoms with Crippen molar-refractivity contribution in [3.8, 4) is 0 Å². The van der Waals surface area contributed by atoms with E-state index in [4.69, 9.17) is 0 Å². The fourth-order valence-corrected chi connectivity index (χ4v) is 7.44. The summed E-state index contributed by atoms with van der Waals surface area (Å²) in [4.78, 5) is 13.7. The molecule has 0 heterocycles. The van der Waals surface area contributed by atoms with E-state index in [9.17, 15) is 9.90 Å². The first kappa shape index (κ1) is 22.1. The minimum Gasteiger partial charge on any atom is -0.393 e. The molecule has 166 valence electrons. The van der Waals surface area contributed by atoms with E-state index in [2.05, 4.69) is 65.8 Å². The number of allylic oxidation sites excluding steroid dienone is 5. The first-order valence-electron chi connectivity index (χ1n) is 12.4. The summed E-state index contributed by atoms with van der Waals surface area (Å²) >= 11 is 0. The molecule has 0 aromatic rings. The average Bonchev–Trinajstić information content (AvgIpc) is 3.02. The number of hydrogen-bond donors (Lipinski definition) is 1. The van der Waals surface area contributed by atoms with E-state index in [1.165, 1.54) is 24.0 Å². The lowest BCUT2D eigenvalue weighted by atomic mass is 9.49. The summed E-state index contributed by atoms with van der Waals surface area (Å²) in [5.74, 6) is 3.40. The van der Waals surface area contributed by atoms with Crippen LogP contribution in [0.25, 0.3) is 0 Å². The summed E-state index contributed by atoms with van der Waals surface area (Å²) in [5, 5.41) is 10.2. The molecule has 0 radical (unpaired) electrons. The van der Waals surface area contributed by atoms with Crippen molar-refractivity contribution in [2.24, 2.45) is 46.3 Å². The van der Waals surface area contributed by atoms with Crippen LogP contribution in [0.4, 0.5) is 0 Å². The maximum atomic E-state index is 13.7. The van der Waals surface area contributed by atoms with Crippen LogP contribution >= 0.6 is 0 Å². The fourth-order valence-electron chi connectivity index (χ4n) is 7.44. The summed E-state index contributed by atoms with van der Waals surface area (Å²) < 4.78 is 0. The molecule has 8 atom stereocenters. The minimum absolute atomic E-state index is 0.0497. The van der Waals surface area contributed by atoms with Gasteiger partial charge in [-0.1, -0.05) is 77.0 Å². The van der Waals surface area contributed by atoms with E-state index in [-0.39, 0.29) is 22.9 Å². The lowest BCUT2D eigenvalue weighted by molar-refractivity contribution is -0.132. The predicted octanol–water partition coefficient (Wildman–Crippen LogP) is 6.51. The maximum Gasteiger partial charge on any atom is 0.141 e. The Balaban J connectivity index is 1.62. The molecule has 3 fully saturated rings. The number of rotatable bonds is 4. The van der Waals surface area contributed by atoms with Crippen molar-refractivity contribution < 1.29 is 9.90 Å². The van der Waals surface area contributed by atoms with Crippen molar-refractivity contribution in [1.82, 2.24) is 0 Å². The molecule has 3 saturated carbocycles. The van der Waals surface area contributed by atoms with Gasteiger partial charge >= 0.3 is 0 Å². The predicted molar refractivity (Wildman–Crippen MR) is 124 cm³/mol. The van der Waals surface area contributed by atoms with Crippen LogP contribution in [0.1, 0.15) is 80.1 Å². The molecule has 0 aromatic heterocycles. The second kappa shape index (κ2) is 7.76. The van der Waals surface area contributed by atoms with E-state index >= 15 is 0 Å². The van der Waals surface area contributed by atoms with Crippen LogP contribution in [-0.4, -0.2) is 17.0 Å². The van der Waals surface area contributed by atoms with E-state index in [0.717, 1.165) is 25.7 Å². The molecule has 0 aliphatic heterocycles. The van der Waals surface area contributed by atoms with Crippen LogP contribution in [-0.2, 0) is 4.79 Å². The van der Waals surface area contributed by atoms with Crippen molar-refractivity contribution in [3.63, 3.8) is 0 Å². The third-order valence-electron chi connectivity index (χ3n) is 9.73. The lowest BCUT2D eigenvalue weighted by Gasteiger charge is -2.54. The topological polar surface area (TPSA) is 37.3 Å². The Hall–Kier alpha value is -1.15. The van der Waals surface area contributed by atoms with Gasteiger partial charge < -0.3 is 5.11 Å². The zero-order chi connectivity index (χ0) is 21.8. The molecule has 0 saturated heterocycles. The molecular formula is C28H42O2. The number of ketones is 1. The fraction of sp³-hybridized carbons (Fsp3) is 0.750. The summed E-state index contributed by atoms with van der Waals surface area (Å²) in [6.45, 7) is 14.0. The molecule has 4 aliphatic rings. The molecule has 0 amide bonds. The van der Waals surface area contributed by atoms with Gasteiger partial charge in [0.25, 0.3) is 0 Å². The first-order valence-corrected chi connectivity index (χ1v) is 12.4. The Morgan fingerprint density at radius 1 is 1.07 bits per heavy atom. The number of aliphatic hydroxyl groups is 1. The van der Waals surface area contributed by atoms with E-state index in [1.54, 1.807) is 0 Å². The molecule has 0 bridgehead atoms. The standard InChI is InChI=1S/C28H42O2/c1-17(2)18(3)7-8-19(4)23-11-12-24-22-10-9-20-15-21(29)13-14-27(20,5)26(22)25(30)16-28(23,24)6/h7-10,17-19,21,23-24,26,29H,11-16H2,1-6H3/b8-7+/t18-,19+,21-,23+,24-,26+,27-,28+/m0/s1. The SMILES string of the molecule is CC(C)[C@@H](C)/C=C/[C@@H](C)[C@H]1CC[C@H]2C3=CC=C4C[C@@H](O)CC[C@]4(C)[C@H]3C(=O)C[C@]12C. The molecule has 2 nitrogen and oxygen atoms in total. The number of carbonyl (C=O) groups excluding carboxylic acids is 1. The highest BCUT2D eigenvalue weighted by Crippen LogP contribution is 2.64. The van der Waals surface area contributed by atoms with Gasteiger partial charge in [-0.05, 0) is 67.1 Å². The number of Topliss-reactive ketones (excluding diaryl/α,β-unsaturated/α-hetero) is 1. The summed E-state index contributed by atoms with van der Waals surface area (Å²) in [5.41, 5.74) is 2.74. The van der Waals surface area contributed by atoms with Crippen LogP contribution in [0.15, 0.2) is 35.5 Å². The Morgan fingerprint density at radius 2 is 1.80 bits per heavy atom. The summed E-state index contributed by atoms with van der Waals surface area (Å²) in [7, 11) is 0. The van der Waals surface area contributed by atoms with Crippen LogP contribution in [0.5, 0.6) is 0 Å². The Labute approximate surface area is 183 Å². The van der Waals surface area contributed by atoms with Gasteiger partial charge in [0.15, 0.2) is 0 Å². The highest BCUT2D eigenvalue weighted by atomic mass is 16.3. The molecule has 2 heteroatoms. The van der Waals surface area contributed by atoms with Gasteiger partial charge in [0.05, 0.1) is 6.10 Å². The monoisotopic (exact) mass is 410 g/mol. The molecule has 4 aliphatic carbocycles. The second-order valence-corrected chi connectivity index (χ2v) is 11.8. The number of hydrogen-bond acceptors (Lipinski definition) is 2. The highest BCUT2D eigenvalue weighted by Gasteiger charge is 2.59. The zero-order valence-corrected chi connectivity index (χ0v) is 19.9. The molecule has 4 rings (SSSR count). The van der Waals surface area contributed by atoms with Gasteiger partial charge in [-0.2, -0.15) is 0 Å². The molecule has 1 N–H and O–H groups in total. The van der Waals surface area contributed by atoms with Crippen LogP contribution in [0.2, 0.25) is 0 Å². The molecule has 0 aromatic carbocycles. The molecular weight excluding hydrogens is 368 g/mol. The Bertz CT molecular complexity index is 786. The van der Waals surface area contributed by atoms with Crippen LogP contribution in [0, 0.1) is 46.3 Å². The smallest absolute Gasteiger partial charge is 0.141 e. The zero-order valence-electron chi connectivity index (χ0n) is 19.9. The Kier molecular flexibility index (Phi) is 5.71. The quantitative estimate of drug-likeness (QED) is 0.536. The van der Waals surface area contributed by atoms with Crippen LogP contribution < -0.4 is 0 Å². The van der Waals surface area contributed by atoms with Crippen molar-refractivity contribution in [2.45, 2.75) is 86.2 Å². The number of carbonyl (C=O) groups is 1. The molecule has 30 heavy (non-hydrogen) atoms. The molecule has 0 unspecified atom stereocenters. The number of aliphatic hydroxyl groups excluding tert-OH is 1. The normalized spacial score (nSPS) is 43.0. The third kappa shape index (κ3) is 3.38. The minimum atomic E-state index is -0.236. The van der Waals surface area contributed by atoms with Crippen molar-refractivity contribution in [3.05, 3.63) is 35.5 Å². The van der Waals surface area contributed by atoms with Crippen molar-refractivity contribution in [1.29, 1.82) is 0 Å². The van der Waals surface area contributed by atoms with E-state index < -0.39 is 0 Å². The first-order chi connectivity index (χ1) is 14.1. The van der Waals surface area contributed by atoms with Gasteiger partial charge in [0.2, 0.25) is 0 Å². The second-order valence-electron chi connectivity index (χ2n) is 11.8. The van der Waals surface area contributed by atoms with Gasteiger partial charge in [0, 0.05) is 17.8 Å². The van der Waals surface area contributed by atoms with Gasteiger partial charge in [-0.15, -0.1) is 0 Å². The van der Waals surface area contributed by atoms with E-state index in [0.29, 0.717) is 35.4 Å². The Morgan fingerprint density at radius 3 is 2.50 bits per heavy atom. The maximum absolute atomic E-state index is 13.7. The molecule has 0 spiro atoms. The van der Waals surface area contributed by atoms with Crippen molar-refractivity contribution >= 4 is 5.78 Å². The summed E-state index contributed by atoms with van der Waals surface area (Å²) in [6.07, 6.45) is 14.9. The van der Waals surface area contributed by atoms with Gasteiger partial charge in [0.1, 0.15) is 5.78 Å². The van der Waals surface area contributed by atoms with Gasteiger partial charge in [-0.3, -0.25) is 4.79 Å². The van der Waals surface area contributed by atoms with Gasteiger partial charge in [-0.25, -0.2) is 0 Å². The lowest BCUT2D eigenvalue weighted by Crippen LogP contribution is -2.51. The highest BCUT2D eigenvalue weighted by molar-refractivity contribution is 5.88. The van der Waals surface area contributed by atoms with Crippen molar-refractivity contribution in [2.75, 3.05) is 0 Å². The average molecular weight is 411 g/mol. The third-order valence-corrected chi connectivity index (χ3v) is 9.73. The van der Waals surface area contributed by atoms with E-state index in [1.807, 2.05) is 0 Å². The largest absolute Gasteiger partial charge is 0.393 e. The number of fused-ring (bicyclic) bond motifs is 5.